The third-order valence-corrected chi connectivity index (χ3v) is 11.1. The predicted molar refractivity (Wildman–Crippen MR) is 176 cm³/mol. The quantitative estimate of drug-likeness (QED) is 0.0276. The first-order valence-corrected chi connectivity index (χ1v) is 18.9. The Morgan fingerprint density at radius 2 is 1.21 bits per heavy atom. The highest BCUT2D eigenvalue weighted by molar-refractivity contribution is 8.76. The standard InChI is InChI=1S/C22H30N4O10S7/c1-33-21(31)13(9-39-42-25-11(5-27)7-37)23-19(29)17-15-16(36-4-3-35-15)18(41-17)20(30)24-14(22(32)34-2)10-40-43-26-12(6-28)8-38/h5-6,11-14,25-26,37-38H,3-4,7-10H2,1-2H3,(H,23,29)(H,24,30)/t11-,12-,13?,14?/m1/s1. The lowest BCUT2D eigenvalue weighted by Crippen LogP contribution is -2.43. The van der Waals surface area contributed by atoms with E-state index in [0.29, 0.717) is 12.6 Å². The van der Waals surface area contributed by atoms with E-state index in [1.165, 1.54) is 35.8 Å². The lowest BCUT2D eigenvalue weighted by molar-refractivity contribution is -0.143. The fourth-order valence-corrected chi connectivity index (χ4v) is 8.41. The number of nitrogens with one attached hydrogen (secondary N) is 4. The van der Waals surface area contributed by atoms with Crippen molar-refractivity contribution in [3.8, 4) is 11.5 Å². The van der Waals surface area contributed by atoms with Crippen molar-refractivity contribution in [2.24, 2.45) is 0 Å². The number of hydrogen-bond acceptors (Lipinski definition) is 19. The lowest BCUT2D eigenvalue weighted by atomic mass is 10.2. The smallest absolute Gasteiger partial charge is 0.329 e. The van der Waals surface area contributed by atoms with Gasteiger partial charge >= 0.3 is 11.9 Å². The van der Waals surface area contributed by atoms with Crippen molar-refractivity contribution >= 4 is 116 Å². The van der Waals surface area contributed by atoms with Gasteiger partial charge in [-0.2, -0.15) is 25.3 Å². The molecule has 4 atom stereocenters. The van der Waals surface area contributed by atoms with Crippen molar-refractivity contribution in [3.63, 3.8) is 0 Å². The SMILES string of the molecule is COC(=O)C(CSSN[C@H](C=O)CS)NC(=O)c1sc(C(=O)NC(CSSN[C@H](C=O)CS)C(=O)OC)c2c1OCCO2. The molecule has 2 heterocycles. The number of thiophene rings is 1. The third-order valence-electron chi connectivity index (χ3n) is 5.10. The summed E-state index contributed by atoms with van der Waals surface area (Å²) in [6.07, 6.45) is 1.40. The number of ether oxygens (including phenoxy) is 4. The van der Waals surface area contributed by atoms with Crippen molar-refractivity contribution in [2.45, 2.75) is 24.2 Å². The van der Waals surface area contributed by atoms with Gasteiger partial charge in [-0.15, -0.1) is 11.3 Å². The van der Waals surface area contributed by atoms with Crippen molar-refractivity contribution in [1.29, 1.82) is 0 Å². The van der Waals surface area contributed by atoms with Gasteiger partial charge in [0.25, 0.3) is 11.8 Å². The minimum atomic E-state index is -1.07. The summed E-state index contributed by atoms with van der Waals surface area (Å²) in [6, 6.07) is -3.13. The number of rotatable bonds is 20. The molecule has 4 N–H and O–H groups in total. The molecular weight excluding hydrogens is 705 g/mol. The van der Waals surface area contributed by atoms with E-state index in [4.69, 9.17) is 18.9 Å². The first kappa shape index (κ1) is 37.7. The van der Waals surface area contributed by atoms with Gasteiger partial charge in [0.15, 0.2) is 11.5 Å². The molecule has 1 aromatic rings. The van der Waals surface area contributed by atoms with Gasteiger partial charge < -0.3 is 39.2 Å². The summed E-state index contributed by atoms with van der Waals surface area (Å²) in [4.78, 5) is 73.2. The van der Waals surface area contributed by atoms with Crippen LogP contribution in [0, 0.1) is 0 Å². The molecular formula is C22H30N4O10S7. The van der Waals surface area contributed by atoms with E-state index in [1.54, 1.807) is 0 Å². The van der Waals surface area contributed by atoms with Gasteiger partial charge in [0, 0.05) is 23.0 Å². The van der Waals surface area contributed by atoms with Crippen molar-refractivity contribution < 1.29 is 47.7 Å². The molecule has 0 saturated heterocycles. The van der Waals surface area contributed by atoms with Gasteiger partial charge in [0.05, 0.1) is 26.3 Å². The molecule has 2 unspecified atom stereocenters. The maximum absolute atomic E-state index is 13.3. The van der Waals surface area contributed by atoms with Gasteiger partial charge in [0.2, 0.25) is 0 Å². The van der Waals surface area contributed by atoms with E-state index >= 15 is 0 Å². The Morgan fingerprint density at radius 3 is 1.53 bits per heavy atom. The van der Waals surface area contributed by atoms with Crippen molar-refractivity contribution in [1.82, 2.24) is 20.1 Å². The lowest BCUT2D eigenvalue weighted by Gasteiger charge is -2.19. The summed E-state index contributed by atoms with van der Waals surface area (Å²) >= 11 is 8.88. The fraction of sp³-hybridized carbons (Fsp3) is 0.545. The van der Waals surface area contributed by atoms with Crippen LogP contribution in [-0.4, -0.2) is 111 Å². The fourth-order valence-electron chi connectivity index (χ4n) is 2.93. The van der Waals surface area contributed by atoms with E-state index in [-0.39, 0.29) is 57.5 Å². The molecule has 1 aliphatic rings. The molecule has 14 nitrogen and oxygen atoms in total. The van der Waals surface area contributed by atoms with Crippen LogP contribution >= 0.6 is 80.1 Å². The monoisotopic (exact) mass is 734 g/mol. The van der Waals surface area contributed by atoms with E-state index in [0.717, 1.165) is 33.3 Å². The Hall–Kier alpha value is -1.46. The molecule has 1 aliphatic heterocycles. The van der Waals surface area contributed by atoms with Crippen LogP contribution in [-0.2, 0) is 28.7 Å². The number of carbonyl (C=O) groups is 6. The molecule has 0 radical (unpaired) electrons. The van der Waals surface area contributed by atoms with E-state index in [2.05, 4.69) is 45.3 Å². The summed E-state index contributed by atoms with van der Waals surface area (Å²) in [5.74, 6) is -2.04. The van der Waals surface area contributed by atoms with Crippen LogP contribution in [0.1, 0.15) is 19.3 Å². The summed E-state index contributed by atoms with van der Waals surface area (Å²) < 4.78 is 26.6. The number of carbonyl (C=O) groups excluding carboxylic acids is 6. The maximum Gasteiger partial charge on any atom is 0.329 e. The van der Waals surface area contributed by atoms with E-state index < -0.39 is 47.9 Å². The first-order valence-electron chi connectivity index (χ1n) is 12.1. The molecule has 2 rings (SSSR count). The molecule has 1 aromatic heterocycles. The summed E-state index contributed by atoms with van der Waals surface area (Å²) in [5, 5.41) is 5.18. The minimum Gasteiger partial charge on any atom is -0.484 e. The summed E-state index contributed by atoms with van der Waals surface area (Å²) in [6.45, 7) is 0.235. The third kappa shape index (κ3) is 11.8. The Labute approximate surface area is 278 Å². The second kappa shape index (κ2) is 20.5. The molecule has 0 saturated carbocycles. The summed E-state index contributed by atoms with van der Waals surface area (Å²) in [7, 11) is 6.92. The van der Waals surface area contributed by atoms with Crippen molar-refractivity contribution in [2.75, 3.05) is 50.4 Å². The van der Waals surface area contributed by atoms with Gasteiger partial charge in [-0.3, -0.25) is 9.59 Å². The average Bonchev–Trinajstić information content (AvgIpc) is 3.43. The first-order chi connectivity index (χ1) is 20.7. The molecule has 0 fully saturated rings. The largest absolute Gasteiger partial charge is 0.484 e. The van der Waals surface area contributed by atoms with Crippen molar-refractivity contribution in [3.05, 3.63) is 9.75 Å². The minimum absolute atomic E-state index is 0.0176. The van der Waals surface area contributed by atoms with Gasteiger partial charge in [0.1, 0.15) is 47.6 Å². The van der Waals surface area contributed by atoms with Crippen LogP contribution in [0.3, 0.4) is 0 Å². The molecule has 0 spiro atoms. The number of fused-ring (bicyclic) bond motifs is 1. The Morgan fingerprint density at radius 1 is 0.814 bits per heavy atom. The topological polar surface area (TPSA) is 187 Å². The second-order valence-corrected chi connectivity index (χ2v) is 14.1. The zero-order chi connectivity index (χ0) is 31.8. The number of thiol groups is 2. The van der Waals surface area contributed by atoms with Gasteiger partial charge in [-0.1, -0.05) is 21.6 Å². The highest BCUT2D eigenvalue weighted by Crippen LogP contribution is 2.44. The number of amides is 2. The zero-order valence-electron chi connectivity index (χ0n) is 22.7. The van der Waals surface area contributed by atoms with Crippen LogP contribution < -0.4 is 29.6 Å². The number of aldehydes is 2. The molecule has 0 bridgehead atoms. The Bertz CT molecular complexity index is 1050. The van der Waals surface area contributed by atoms with Gasteiger partial charge in [-0.25, -0.2) is 19.0 Å². The highest BCUT2D eigenvalue weighted by Gasteiger charge is 2.34. The van der Waals surface area contributed by atoms with Gasteiger partial charge in [-0.05, 0) is 22.0 Å². The zero-order valence-corrected chi connectivity index (χ0v) is 28.6. The molecule has 2 amide bonds. The molecule has 0 aromatic carbocycles. The van der Waals surface area contributed by atoms with Crippen LogP contribution in [0.4, 0.5) is 0 Å². The molecule has 0 aliphatic carbocycles. The normalized spacial score (nSPS) is 14.9. The molecule has 240 valence electrons. The van der Waals surface area contributed by atoms with E-state index in [9.17, 15) is 28.8 Å². The Balaban J connectivity index is 2.16. The highest BCUT2D eigenvalue weighted by atomic mass is 33.1. The number of esters is 2. The molecule has 43 heavy (non-hydrogen) atoms. The maximum atomic E-state index is 13.3. The second-order valence-electron chi connectivity index (χ2n) is 8.04. The molecule has 21 heteroatoms. The average molecular weight is 735 g/mol. The summed E-state index contributed by atoms with van der Waals surface area (Å²) in [5.41, 5.74) is 0. The number of hydrogen-bond donors (Lipinski definition) is 6. The van der Waals surface area contributed by atoms with Crippen LogP contribution in [0.2, 0.25) is 0 Å². The Kier molecular flexibility index (Phi) is 18.0. The van der Waals surface area contributed by atoms with Crippen LogP contribution in [0.15, 0.2) is 0 Å². The number of methoxy groups -OCH3 is 2. The van der Waals surface area contributed by atoms with Crippen LogP contribution in [0.25, 0.3) is 0 Å². The van der Waals surface area contributed by atoms with E-state index in [1.807, 2.05) is 0 Å². The predicted octanol–water partition coefficient (Wildman–Crippen LogP) is 0.829. The van der Waals surface area contributed by atoms with Crippen LogP contribution in [0.5, 0.6) is 11.5 Å².